The third-order valence-electron chi connectivity index (χ3n) is 15.6. The number of aryl methyl sites for hydroxylation is 2. The van der Waals surface area contributed by atoms with E-state index in [2.05, 4.69) is 21.2 Å². The Labute approximate surface area is 490 Å². The van der Waals surface area contributed by atoms with Crippen LogP contribution in [0.4, 0.5) is 10.2 Å². The fourth-order valence-corrected chi connectivity index (χ4v) is 11.6. The summed E-state index contributed by atoms with van der Waals surface area (Å²) in [6.45, 7) is 12.6. The number of carbonyl (C=O) groups excluding carboxylic acids is 2. The molecule has 7 aromatic carbocycles. The Bertz CT molecular complexity index is 3750. The minimum atomic E-state index is -1.81. The number of rotatable bonds is 19. The molecule has 13 nitrogen and oxygen atoms in total. The van der Waals surface area contributed by atoms with Crippen LogP contribution in [0, 0.1) is 37.7 Å². The number of anilines is 1. The number of nitrogens with one attached hydrogen (secondary N) is 1. The fourth-order valence-electron chi connectivity index (χ4n) is 11.6. The number of ether oxygens (including phenoxy) is 6. The van der Waals surface area contributed by atoms with Crippen molar-refractivity contribution in [2.75, 3.05) is 26.1 Å². The van der Waals surface area contributed by atoms with Gasteiger partial charge in [0.1, 0.15) is 47.3 Å². The molecule has 428 valence electrons. The zero-order valence-electron chi connectivity index (χ0n) is 48.7. The summed E-state index contributed by atoms with van der Waals surface area (Å²) in [6.07, 6.45) is 5.02. The van der Waals surface area contributed by atoms with E-state index in [1.807, 2.05) is 210 Å². The van der Waals surface area contributed by atoms with E-state index in [-0.39, 0.29) is 29.8 Å². The van der Waals surface area contributed by atoms with Crippen LogP contribution in [0.25, 0.3) is 11.2 Å². The number of halogens is 1. The molecular formula is C70H68FN5O8. The molecule has 3 heterocycles. The Hall–Kier alpha value is -9.16. The van der Waals surface area contributed by atoms with Gasteiger partial charge in [-0.15, -0.1) is 6.42 Å². The zero-order valence-corrected chi connectivity index (χ0v) is 48.7. The summed E-state index contributed by atoms with van der Waals surface area (Å²) in [5, 5.41) is 3.69. The summed E-state index contributed by atoms with van der Waals surface area (Å²) in [5.41, 5.74) is 1.43. The van der Waals surface area contributed by atoms with Gasteiger partial charge in [0.15, 0.2) is 22.6 Å². The molecule has 0 amide bonds. The van der Waals surface area contributed by atoms with Crippen molar-refractivity contribution in [1.29, 1.82) is 0 Å². The van der Waals surface area contributed by atoms with E-state index in [0.29, 0.717) is 22.8 Å². The second-order valence-corrected chi connectivity index (χ2v) is 22.9. The molecule has 0 saturated carbocycles. The van der Waals surface area contributed by atoms with Gasteiger partial charge in [-0.2, -0.15) is 14.4 Å². The Morgan fingerprint density at radius 3 is 1.73 bits per heavy atom. The Morgan fingerprint density at radius 2 is 1.21 bits per heavy atom. The smallest absolute Gasteiger partial charge is 0.316 e. The molecule has 0 radical (unpaired) electrons. The Morgan fingerprint density at radius 1 is 0.714 bits per heavy atom. The van der Waals surface area contributed by atoms with E-state index in [9.17, 15) is 9.59 Å². The highest BCUT2D eigenvalue weighted by Gasteiger charge is 2.55. The Balaban J connectivity index is 1.09. The number of terminal acetylenes is 1. The molecule has 1 saturated heterocycles. The van der Waals surface area contributed by atoms with Crippen molar-refractivity contribution in [1.82, 2.24) is 19.5 Å². The van der Waals surface area contributed by atoms with E-state index in [4.69, 9.17) is 39.8 Å². The molecule has 2 aromatic heterocycles. The molecule has 10 rings (SSSR count). The molecule has 9 aromatic rings. The van der Waals surface area contributed by atoms with Crippen LogP contribution in [-0.2, 0) is 40.4 Å². The predicted octanol–water partition coefficient (Wildman–Crippen LogP) is 13.5. The molecule has 1 fully saturated rings. The first kappa shape index (κ1) is 58.1. The van der Waals surface area contributed by atoms with E-state index in [1.165, 1.54) is 6.33 Å². The van der Waals surface area contributed by atoms with Gasteiger partial charge in [-0.05, 0) is 109 Å². The number of nitrogens with zero attached hydrogens (tertiary/aromatic N) is 4. The SMILES string of the molecule is C#C[C@]1(COC(=O)CC(C)(C)c2c(C)cc(C)cc2OC(=O)C(C)(C)C)O[C@@H](n2cnc3c(NC(c4ccccc4)(c4ccccc4)c4ccc(OC)cc4)nc(F)nc32)C[C@@H]1OC(c1ccccc1)(c1ccccc1)c1ccc(OC)cc1. The average Bonchev–Trinajstić information content (AvgIpc) is 2.84. The van der Waals surface area contributed by atoms with E-state index >= 15 is 4.39 Å². The molecule has 1 aliphatic heterocycles. The summed E-state index contributed by atoms with van der Waals surface area (Å²) in [4.78, 5) is 41.7. The minimum absolute atomic E-state index is 0.0273. The van der Waals surface area contributed by atoms with Crippen molar-refractivity contribution in [3.63, 3.8) is 0 Å². The molecular weight excluding hydrogens is 1060 g/mol. The highest BCUT2D eigenvalue weighted by atomic mass is 19.1. The van der Waals surface area contributed by atoms with Gasteiger partial charge in [0.25, 0.3) is 0 Å². The van der Waals surface area contributed by atoms with Crippen molar-refractivity contribution >= 4 is 28.9 Å². The molecule has 0 bridgehead atoms. The lowest BCUT2D eigenvalue weighted by Gasteiger charge is -2.41. The molecule has 14 heteroatoms. The number of imidazole rings is 1. The molecule has 1 aliphatic rings. The van der Waals surface area contributed by atoms with Crippen molar-refractivity contribution in [3.8, 4) is 29.6 Å². The number of carbonyl (C=O) groups is 2. The van der Waals surface area contributed by atoms with Gasteiger partial charge in [-0.3, -0.25) is 14.2 Å². The predicted molar refractivity (Wildman–Crippen MR) is 321 cm³/mol. The van der Waals surface area contributed by atoms with Crippen molar-refractivity contribution in [3.05, 3.63) is 244 Å². The number of benzene rings is 7. The van der Waals surface area contributed by atoms with Crippen LogP contribution in [0.5, 0.6) is 17.2 Å². The Kier molecular flexibility index (Phi) is 16.3. The minimum Gasteiger partial charge on any atom is -0.497 e. The number of hydrogen-bond acceptors (Lipinski definition) is 12. The van der Waals surface area contributed by atoms with Crippen molar-refractivity contribution in [2.24, 2.45) is 5.41 Å². The second-order valence-electron chi connectivity index (χ2n) is 22.9. The van der Waals surface area contributed by atoms with E-state index in [0.717, 1.165) is 44.5 Å². The molecule has 1 N–H and O–H groups in total. The maximum absolute atomic E-state index is 16.6. The normalized spacial score (nSPS) is 16.4. The lowest BCUT2D eigenvalue weighted by Crippen LogP contribution is -2.49. The lowest BCUT2D eigenvalue weighted by atomic mass is 9.77. The van der Waals surface area contributed by atoms with Crippen LogP contribution >= 0.6 is 0 Å². The van der Waals surface area contributed by atoms with Crippen LogP contribution in [0.15, 0.2) is 188 Å². The van der Waals surface area contributed by atoms with Crippen LogP contribution in [0.2, 0.25) is 0 Å². The fraction of sp³-hybridized carbons (Fsp3) is 0.271. The zero-order chi connectivity index (χ0) is 59.4. The summed E-state index contributed by atoms with van der Waals surface area (Å²) in [7, 11) is 3.22. The van der Waals surface area contributed by atoms with Gasteiger partial charge >= 0.3 is 18.0 Å². The average molecular weight is 1130 g/mol. The van der Waals surface area contributed by atoms with E-state index < -0.39 is 64.5 Å². The number of aromatic nitrogens is 4. The number of esters is 2. The summed E-state index contributed by atoms with van der Waals surface area (Å²) < 4.78 is 56.8. The lowest BCUT2D eigenvalue weighted by molar-refractivity contribution is -0.165. The van der Waals surface area contributed by atoms with Crippen LogP contribution in [0.3, 0.4) is 0 Å². The van der Waals surface area contributed by atoms with Crippen molar-refractivity contribution in [2.45, 2.75) is 95.8 Å². The molecule has 3 atom stereocenters. The first-order chi connectivity index (χ1) is 40.3. The monoisotopic (exact) mass is 1130 g/mol. The topological polar surface area (TPSA) is 145 Å². The van der Waals surface area contributed by atoms with Gasteiger partial charge in [-0.1, -0.05) is 171 Å². The van der Waals surface area contributed by atoms with Crippen LogP contribution in [-0.4, -0.2) is 64.0 Å². The number of hydrogen-bond donors (Lipinski definition) is 1. The molecule has 84 heavy (non-hydrogen) atoms. The van der Waals surface area contributed by atoms with Crippen molar-refractivity contribution < 1.29 is 42.4 Å². The maximum atomic E-state index is 16.6. The first-order valence-electron chi connectivity index (χ1n) is 27.9. The summed E-state index contributed by atoms with van der Waals surface area (Å²) in [5.74, 6) is 3.67. The third kappa shape index (κ3) is 11.2. The maximum Gasteiger partial charge on any atom is 0.316 e. The van der Waals surface area contributed by atoms with E-state index in [1.54, 1.807) is 39.6 Å². The summed E-state index contributed by atoms with van der Waals surface area (Å²) >= 11 is 0. The molecule has 0 aliphatic carbocycles. The highest BCUT2D eigenvalue weighted by molar-refractivity contribution is 5.84. The van der Waals surface area contributed by atoms with Crippen LogP contribution in [0.1, 0.15) is 104 Å². The largest absolute Gasteiger partial charge is 0.497 e. The second kappa shape index (κ2) is 23.6. The quantitative estimate of drug-likeness (QED) is 0.0270. The number of methoxy groups -OCH3 is 2. The van der Waals surface area contributed by atoms with Gasteiger partial charge in [0.2, 0.25) is 0 Å². The van der Waals surface area contributed by atoms with Crippen LogP contribution < -0.4 is 19.5 Å². The van der Waals surface area contributed by atoms with Gasteiger partial charge in [0.05, 0.1) is 32.4 Å². The van der Waals surface area contributed by atoms with Gasteiger partial charge in [-0.25, -0.2) is 4.98 Å². The standard InChI is InChI=1S/C70H68FN5O8/c1-11-68(44-81-59(77)43-67(7,8)60-47(3)40-46(2)41-56(60)82-64(78)66(4,5)6)57(83-70(51-28-20-14-21-29-51,52-30-22-15-23-31-52)53-34-38-55(80-10)39-35-53)42-58(84-68)76-45-72-61-62(73-65(71)74-63(61)76)75-69(48-24-16-12-17-25-48,49-26-18-13-19-27-49)50-32-36-54(79-9)37-33-50/h1,12-41,45,57-58H,42-44H2,2-10H3,(H,73,74,75)/t57-,58+,68+/m0/s1. The highest BCUT2D eigenvalue weighted by Crippen LogP contribution is 2.50. The number of fused-ring (bicyclic) bond motifs is 1. The summed E-state index contributed by atoms with van der Waals surface area (Å²) in [6, 6.07) is 58.3. The third-order valence-corrected chi connectivity index (χ3v) is 15.6. The molecule has 0 spiro atoms. The van der Waals surface area contributed by atoms with Gasteiger partial charge < -0.3 is 33.7 Å². The first-order valence-corrected chi connectivity index (χ1v) is 27.9. The van der Waals surface area contributed by atoms with Gasteiger partial charge in [0, 0.05) is 17.4 Å². The molecule has 0 unspecified atom stereocenters.